The molecule has 0 N–H and O–H groups in total. The van der Waals surface area contributed by atoms with Gasteiger partial charge in [0.2, 0.25) is 0 Å². The van der Waals surface area contributed by atoms with Crippen LogP contribution in [0.3, 0.4) is 0 Å². The fraction of sp³-hybridized carbons (Fsp3) is 0.500. The molecule has 0 rings (SSSR count). The molecule has 0 fully saturated rings. The van der Waals surface area contributed by atoms with E-state index in [2.05, 4.69) is 4.99 Å². The summed E-state index contributed by atoms with van der Waals surface area (Å²) in [5.74, 6) is 0. The van der Waals surface area contributed by atoms with Crippen LogP contribution in [0.5, 0.6) is 0 Å². The van der Waals surface area contributed by atoms with Gasteiger partial charge in [-0.25, -0.2) is 0 Å². The fourth-order valence-corrected chi connectivity index (χ4v) is 0.696. The molecule has 0 heterocycles. The van der Waals surface area contributed by atoms with Gasteiger partial charge in [-0.1, -0.05) is 11.6 Å². The smallest absolute Gasteiger partial charge is 0.0742 e. The minimum atomic E-state index is 0.641. The third-order valence-corrected chi connectivity index (χ3v) is 0.829. The Labute approximate surface area is 60.8 Å². The maximum atomic E-state index is 5.65. The molecule has 0 atom stereocenters. The van der Waals surface area contributed by atoms with Gasteiger partial charge >= 0.3 is 0 Å². The molecule has 0 bridgehead atoms. The minimum Gasteiger partial charge on any atom is -0.382 e. The highest BCUT2D eigenvalue weighted by molar-refractivity contribution is 6.39. The number of rotatable bonds is 2. The number of nitrogens with zero attached hydrogens (tertiary/aromatic N) is 2. The molecular formula is C6H11ClN2. The lowest BCUT2D eigenvalue weighted by Crippen LogP contribution is -2.01. The average molecular weight is 147 g/mol. The Morgan fingerprint density at radius 3 is 2.44 bits per heavy atom. The van der Waals surface area contributed by atoms with Crippen LogP contribution in [0, 0.1) is 0 Å². The lowest BCUT2D eigenvalue weighted by Gasteiger charge is -2.02. The Hall–Kier alpha value is -0.500. The quantitative estimate of drug-likeness (QED) is 0.537. The number of hydrogen-bond donors (Lipinski definition) is 0. The summed E-state index contributed by atoms with van der Waals surface area (Å²) >= 11 is 5.65. The van der Waals surface area contributed by atoms with Gasteiger partial charge in [0.1, 0.15) is 0 Å². The van der Waals surface area contributed by atoms with Crippen LogP contribution in [0.25, 0.3) is 0 Å². The van der Waals surface area contributed by atoms with Crippen LogP contribution in [0.4, 0.5) is 0 Å². The second-order valence-corrected chi connectivity index (χ2v) is 2.30. The molecular weight excluding hydrogens is 136 g/mol. The van der Waals surface area contributed by atoms with E-state index < -0.39 is 0 Å². The van der Waals surface area contributed by atoms with Crippen LogP contribution in [0.1, 0.15) is 0 Å². The Morgan fingerprint density at radius 1 is 1.56 bits per heavy atom. The number of hydrogen-bond acceptors (Lipinski definition) is 2. The van der Waals surface area contributed by atoms with E-state index in [0.29, 0.717) is 5.03 Å². The van der Waals surface area contributed by atoms with E-state index in [4.69, 9.17) is 11.6 Å². The summed E-state index contributed by atoms with van der Waals surface area (Å²) in [7, 11) is 5.50. The first-order valence-electron chi connectivity index (χ1n) is 2.62. The highest BCUT2D eigenvalue weighted by Crippen LogP contribution is 1.96. The van der Waals surface area contributed by atoms with Crippen LogP contribution in [0.2, 0.25) is 0 Å². The fourth-order valence-electron chi connectivity index (χ4n) is 0.403. The van der Waals surface area contributed by atoms with E-state index in [1.807, 2.05) is 19.0 Å². The van der Waals surface area contributed by atoms with Crippen molar-refractivity contribution < 1.29 is 0 Å². The van der Waals surface area contributed by atoms with Gasteiger partial charge in [0.25, 0.3) is 0 Å². The number of allylic oxidation sites excluding steroid dienone is 1. The molecule has 2 nitrogen and oxygen atoms in total. The molecule has 0 aromatic carbocycles. The Morgan fingerprint density at radius 2 is 2.11 bits per heavy atom. The highest BCUT2D eigenvalue weighted by atomic mass is 35.5. The minimum absolute atomic E-state index is 0.641. The van der Waals surface area contributed by atoms with Gasteiger partial charge < -0.3 is 4.90 Å². The van der Waals surface area contributed by atoms with Crippen molar-refractivity contribution in [3.05, 3.63) is 11.2 Å². The Balaban J connectivity index is 3.84. The molecule has 0 aromatic rings. The van der Waals surface area contributed by atoms with Gasteiger partial charge in [0.05, 0.1) is 5.03 Å². The maximum absolute atomic E-state index is 5.65. The molecule has 0 aliphatic carbocycles. The van der Waals surface area contributed by atoms with Gasteiger partial charge in [0, 0.05) is 33.6 Å². The summed E-state index contributed by atoms with van der Waals surface area (Å²) in [6.45, 7) is 0. The van der Waals surface area contributed by atoms with E-state index in [1.165, 1.54) is 0 Å². The van der Waals surface area contributed by atoms with Crippen molar-refractivity contribution in [2.75, 3.05) is 21.1 Å². The Bertz CT molecular complexity index is 127. The number of aliphatic imine (C=N–C) groups is 1. The molecule has 0 spiro atoms. The molecule has 0 amide bonds. The van der Waals surface area contributed by atoms with Crippen LogP contribution < -0.4 is 0 Å². The van der Waals surface area contributed by atoms with Crippen LogP contribution in [-0.4, -0.2) is 32.3 Å². The molecule has 3 heteroatoms. The second-order valence-electron chi connectivity index (χ2n) is 1.86. The van der Waals surface area contributed by atoms with Gasteiger partial charge in [-0.2, -0.15) is 0 Å². The van der Waals surface area contributed by atoms with E-state index in [0.717, 1.165) is 0 Å². The normalized spacial score (nSPS) is 12.7. The summed E-state index contributed by atoms with van der Waals surface area (Å²) in [6.07, 6.45) is 3.39. The van der Waals surface area contributed by atoms with Crippen LogP contribution >= 0.6 is 11.6 Å². The highest BCUT2D eigenvalue weighted by Gasteiger charge is 1.83. The molecule has 0 aliphatic rings. The van der Waals surface area contributed by atoms with Gasteiger partial charge in [-0.3, -0.25) is 4.99 Å². The summed E-state index contributed by atoms with van der Waals surface area (Å²) in [5, 5.41) is 0.641. The van der Waals surface area contributed by atoms with E-state index in [9.17, 15) is 0 Å². The molecule has 0 unspecified atom stereocenters. The monoisotopic (exact) mass is 146 g/mol. The van der Waals surface area contributed by atoms with Crippen molar-refractivity contribution in [2.45, 2.75) is 0 Å². The van der Waals surface area contributed by atoms with Crippen molar-refractivity contribution in [3.8, 4) is 0 Å². The first-order chi connectivity index (χ1) is 4.16. The molecule has 0 aliphatic heterocycles. The van der Waals surface area contributed by atoms with Crippen molar-refractivity contribution in [3.63, 3.8) is 0 Å². The van der Waals surface area contributed by atoms with Crippen molar-refractivity contribution in [1.29, 1.82) is 0 Å². The van der Waals surface area contributed by atoms with Crippen molar-refractivity contribution >= 4 is 17.8 Å². The standard InChI is InChI=1S/C6H11ClN2/c1-8-4-6(7)5-9(2)3/h4-5H,1-3H3/b6-5+,8-4?. The van der Waals surface area contributed by atoms with E-state index in [1.54, 1.807) is 19.5 Å². The SMILES string of the molecule is CN=C/C(Cl)=C\N(C)C. The topological polar surface area (TPSA) is 15.6 Å². The maximum Gasteiger partial charge on any atom is 0.0742 e. The average Bonchev–Trinajstić information content (AvgIpc) is 1.63. The van der Waals surface area contributed by atoms with Crippen molar-refractivity contribution in [1.82, 2.24) is 4.90 Å². The van der Waals surface area contributed by atoms with Gasteiger partial charge in [-0.15, -0.1) is 0 Å². The Kier molecular flexibility index (Phi) is 4.14. The zero-order chi connectivity index (χ0) is 7.28. The molecule has 0 radical (unpaired) electrons. The molecule has 0 aromatic heterocycles. The molecule has 9 heavy (non-hydrogen) atoms. The summed E-state index contributed by atoms with van der Waals surface area (Å²) in [5.41, 5.74) is 0. The molecule has 52 valence electrons. The lowest BCUT2D eigenvalue weighted by molar-refractivity contribution is 0.563. The predicted octanol–water partition coefficient (Wildman–Crippen LogP) is 1.33. The second kappa shape index (κ2) is 4.39. The first-order valence-corrected chi connectivity index (χ1v) is 3.00. The lowest BCUT2D eigenvalue weighted by atomic mass is 10.6. The summed E-state index contributed by atoms with van der Waals surface area (Å²) in [6, 6.07) is 0. The molecule has 0 saturated heterocycles. The number of halogens is 1. The van der Waals surface area contributed by atoms with Crippen LogP contribution in [-0.2, 0) is 0 Å². The third-order valence-electron chi connectivity index (χ3n) is 0.634. The predicted molar refractivity (Wildman–Crippen MR) is 42.0 cm³/mol. The summed E-state index contributed by atoms with van der Waals surface area (Å²) < 4.78 is 0. The first kappa shape index (κ1) is 8.50. The third kappa shape index (κ3) is 5.37. The van der Waals surface area contributed by atoms with E-state index in [-0.39, 0.29) is 0 Å². The zero-order valence-corrected chi connectivity index (χ0v) is 6.68. The molecule has 0 saturated carbocycles. The largest absolute Gasteiger partial charge is 0.382 e. The zero-order valence-electron chi connectivity index (χ0n) is 5.93. The summed E-state index contributed by atoms with van der Waals surface area (Å²) in [4.78, 5) is 5.60. The van der Waals surface area contributed by atoms with Gasteiger partial charge in [-0.05, 0) is 0 Å². The van der Waals surface area contributed by atoms with Crippen LogP contribution in [0.15, 0.2) is 16.2 Å². The van der Waals surface area contributed by atoms with E-state index >= 15 is 0 Å². The van der Waals surface area contributed by atoms with Crippen molar-refractivity contribution in [2.24, 2.45) is 4.99 Å². The van der Waals surface area contributed by atoms with Gasteiger partial charge in [0.15, 0.2) is 0 Å².